The number of benzene rings is 1. The predicted octanol–water partition coefficient (Wildman–Crippen LogP) is 1.83. The maximum Gasteiger partial charge on any atom is 0.251 e. The average Bonchev–Trinajstić information content (AvgIpc) is 2.55. The van der Waals surface area contributed by atoms with E-state index >= 15 is 0 Å². The minimum absolute atomic E-state index is 0. The molecule has 1 aliphatic heterocycles. The molecule has 142 valence electrons. The van der Waals surface area contributed by atoms with Crippen molar-refractivity contribution in [3.05, 3.63) is 28.8 Å². The Hall–Kier alpha value is -1.15. The van der Waals surface area contributed by atoms with Gasteiger partial charge in [0.25, 0.3) is 5.91 Å². The van der Waals surface area contributed by atoms with Crippen molar-refractivity contribution in [3.63, 3.8) is 0 Å². The highest BCUT2D eigenvalue weighted by Gasteiger charge is 2.30. The van der Waals surface area contributed by atoms with Gasteiger partial charge in [-0.2, -0.15) is 4.31 Å². The smallest absolute Gasteiger partial charge is 0.251 e. The third-order valence-corrected chi connectivity index (χ3v) is 6.70. The van der Waals surface area contributed by atoms with Gasteiger partial charge in [-0.25, -0.2) is 8.42 Å². The Balaban J connectivity index is 0.00000312. The lowest BCUT2D eigenvalue weighted by atomic mass is 10.0. The number of halogens is 1. The van der Waals surface area contributed by atoms with Gasteiger partial charge in [0.05, 0.1) is 4.90 Å². The Labute approximate surface area is 156 Å². The molecule has 0 saturated carbocycles. The Morgan fingerprint density at radius 2 is 1.88 bits per heavy atom. The van der Waals surface area contributed by atoms with Gasteiger partial charge < -0.3 is 11.1 Å². The van der Waals surface area contributed by atoms with E-state index < -0.39 is 10.0 Å². The molecule has 1 fully saturated rings. The van der Waals surface area contributed by atoms with Crippen LogP contribution in [-0.4, -0.2) is 44.8 Å². The normalized spacial score (nSPS) is 16.3. The molecule has 0 spiro atoms. The summed E-state index contributed by atoms with van der Waals surface area (Å²) in [6.07, 6.45) is 1.74. The predicted molar refractivity (Wildman–Crippen MR) is 102 cm³/mol. The van der Waals surface area contributed by atoms with Crippen molar-refractivity contribution < 1.29 is 13.2 Å². The van der Waals surface area contributed by atoms with E-state index in [1.165, 1.54) is 10.4 Å². The molecule has 1 aliphatic rings. The minimum Gasteiger partial charge on any atom is -0.351 e. The van der Waals surface area contributed by atoms with Crippen LogP contribution in [0.3, 0.4) is 0 Å². The molecule has 0 aliphatic carbocycles. The van der Waals surface area contributed by atoms with E-state index in [9.17, 15) is 13.2 Å². The van der Waals surface area contributed by atoms with E-state index in [2.05, 4.69) is 12.2 Å². The van der Waals surface area contributed by atoms with Gasteiger partial charge in [-0.3, -0.25) is 4.79 Å². The molecule has 2 rings (SSSR count). The van der Waals surface area contributed by atoms with Gasteiger partial charge in [0.1, 0.15) is 0 Å². The average molecular weight is 390 g/mol. The summed E-state index contributed by atoms with van der Waals surface area (Å²) in [7, 11) is -3.59. The van der Waals surface area contributed by atoms with E-state index in [0.29, 0.717) is 43.2 Å². The fourth-order valence-corrected chi connectivity index (χ4v) is 4.67. The van der Waals surface area contributed by atoms with Crippen molar-refractivity contribution >= 4 is 28.3 Å². The third-order valence-electron chi connectivity index (χ3n) is 4.67. The number of aryl methyl sites for hydroxylation is 1. The Kier molecular flexibility index (Phi) is 7.87. The van der Waals surface area contributed by atoms with Crippen molar-refractivity contribution in [2.45, 2.75) is 38.5 Å². The van der Waals surface area contributed by atoms with Gasteiger partial charge in [-0.05, 0) is 55.9 Å². The third kappa shape index (κ3) is 4.94. The summed E-state index contributed by atoms with van der Waals surface area (Å²) in [6, 6.07) is 3.21. The Bertz CT molecular complexity index is 714. The summed E-state index contributed by atoms with van der Waals surface area (Å²) >= 11 is 0. The van der Waals surface area contributed by atoms with Crippen LogP contribution in [-0.2, 0) is 10.0 Å². The highest BCUT2D eigenvalue weighted by molar-refractivity contribution is 7.89. The van der Waals surface area contributed by atoms with E-state index in [0.717, 1.165) is 18.4 Å². The van der Waals surface area contributed by atoms with E-state index in [4.69, 9.17) is 5.73 Å². The summed E-state index contributed by atoms with van der Waals surface area (Å²) in [5.74, 6) is 0.250. The number of nitrogens with zero attached hydrogens (tertiary/aromatic N) is 1. The molecule has 1 saturated heterocycles. The van der Waals surface area contributed by atoms with Crippen LogP contribution in [0.2, 0.25) is 0 Å². The molecular weight excluding hydrogens is 362 g/mol. The molecule has 0 aromatic heterocycles. The van der Waals surface area contributed by atoms with Crippen molar-refractivity contribution in [1.29, 1.82) is 0 Å². The number of hydrogen-bond donors (Lipinski definition) is 2. The highest BCUT2D eigenvalue weighted by atomic mass is 35.5. The van der Waals surface area contributed by atoms with Gasteiger partial charge in [0.15, 0.2) is 0 Å². The zero-order chi connectivity index (χ0) is 17.9. The second-order valence-electron chi connectivity index (χ2n) is 6.55. The van der Waals surface area contributed by atoms with E-state index in [1.807, 2.05) is 6.92 Å². The number of rotatable bonds is 5. The summed E-state index contributed by atoms with van der Waals surface area (Å²) < 4.78 is 27.6. The van der Waals surface area contributed by atoms with Crippen LogP contribution in [0.5, 0.6) is 0 Å². The first-order valence-corrected chi connectivity index (χ1v) is 9.81. The zero-order valence-electron chi connectivity index (χ0n) is 15.0. The molecule has 1 aromatic carbocycles. The van der Waals surface area contributed by atoms with Gasteiger partial charge in [0, 0.05) is 31.7 Å². The van der Waals surface area contributed by atoms with Crippen LogP contribution >= 0.6 is 12.4 Å². The first-order chi connectivity index (χ1) is 11.3. The van der Waals surface area contributed by atoms with Crippen molar-refractivity contribution in [1.82, 2.24) is 9.62 Å². The number of nitrogens with two attached hydrogens (primary N) is 1. The van der Waals surface area contributed by atoms with Crippen LogP contribution in [0.1, 0.15) is 41.3 Å². The molecule has 3 N–H and O–H groups in total. The summed E-state index contributed by atoms with van der Waals surface area (Å²) in [6.45, 7) is 7.52. The lowest BCUT2D eigenvalue weighted by Crippen LogP contribution is -2.38. The number of carbonyl (C=O) groups excluding carboxylic acids is 1. The first kappa shape index (κ1) is 21.9. The number of amides is 1. The Morgan fingerprint density at radius 1 is 1.28 bits per heavy atom. The molecule has 1 heterocycles. The number of hydrogen-bond acceptors (Lipinski definition) is 4. The second kappa shape index (κ2) is 8.98. The number of carbonyl (C=O) groups is 1. The monoisotopic (exact) mass is 389 g/mol. The van der Waals surface area contributed by atoms with Gasteiger partial charge in [-0.15, -0.1) is 12.4 Å². The van der Waals surface area contributed by atoms with Crippen LogP contribution in [0.15, 0.2) is 17.0 Å². The van der Waals surface area contributed by atoms with Crippen LogP contribution in [0, 0.1) is 19.8 Å². The molecule has 6 nitrogen and oxygen atoms in total. The lowest BCUT2D eigenvalue weighted by Gasteiger charge is -2.30. The number of sulfonamides is 1. The minimum atomic E-state index is -3.59. The maximum atomic E-state index is 13.0. The van der Waals surface area contributed by atoms with Crippen molar-refractivity contribution in [3.8, 4) is 0 Å². The van der Waals surface area contributed by atoms with Crippen LogP contribution in [0.25, 0.3) is 0 Å². The second-order valence-corrected chi connectivity index (χ2v) is 8.45. The van der Waals surface area contributed by atoms with Gasteiger partial charge >= 0.3 is 0 Å². The molecule has 1 aromatic rings. The number of nitrogens with one attached hydrogen (secondary N) is 1. The van der Waals surface area contributed by atoms with Gasteiger partial charge in [-0.1, -0.05) is 6.92 Å². The van der Waals surface area contributed by atoms with E-state index in [-0.39, 0.29) is 23.2 Å². The standard InChI is InChI=1S/C17H27N3O3S.ClH/c1-12-4-8-20(9-5-12)24(22,23)16-11-15(10-13(2)14(16)3)17(21)19-7-6-18;/h10-12H,4-9,18H2,1-3H3,(H,19,21);1H. The quantitative estimate of drug-likeness (QED) is 0.803. The summed E-state index contributed by atoms with van der Waals surface area (Å²) in [5, 5.41) is 2.69. The molecule has 1 amide bonds. The fourth-order valence-electron chi connectivity index (χ4n) is 2.88. The number of piperidine rings is 1. The van der Waals surface area contributed by atoms with Crippen molar-refractivity contribution in [2.24, 2.45) is 11.7 Å². The van der Waals surface area contributed by atoms with Gasteiger partial charge in [0.2, 0.25) is 10.0 Å². The fraction of sp³-hybridized carbons (Fsp3) is 0.588. The molecule has 0 unspecified atom stereocenters. The zero-order valence-corrected chi connectivity index (χ0v) is 16.7. The molecule has 0 bridgehead atoms. The molecule has 0 radical (unpaired) electrons. The van der Waals surface area contributed by atoms with Crippen LogP contribution < -0.4 is 11.1 Å². The first-order valence-electron chi connectivity index (χ1n) is 8.37. The maximum absolute atomic E-state index is 13.0. The SMILES string of the molecule is Cc1cc(C(=O)NCCN)cc(S(=O)(=O)N2CCC(C)CC2)c1C.Cl. The largest absolute Gasteiger partial charge is 0.351 e. The molecule has 8 heteroatoms. The molecular formula is C17H28ClN3O3S. The lowest BCUT2D eigenvalue weighted by molar-refractivity contribution is 0.0954. The summed E-state index contributed by atoms with van der Waals surface area (Å²) in [4.78, 5) is 12.4. The Morgan fingerprint density at radius 3 is 2.44 bits per heavy atom. The summed E-state index contributed by atoms with van der Waals surface area (Å²) in [5.41, 5.74) is 7.25. The molecule has 25 heavy (non-hydrogen) atoms. The van der Waals surface area contributed by atoms with E-state index in [1.54, 1.807) is 13.0 Å². The van der Waals surface area contributed by atoms with Crippen molar-refractivity contribution in [2.75, 3.05) is 26.2 Å². The molecule has 0 atom stereocenters. The highest BCUT2D eigenvalue weighted by Crippen LogP contribution is 2.27. The van der Waals surface area contributed by atoms with Crippen LogP contribution in [0.4, 0.5) is 0 Å². The topological polar surface area (TPSA) is 92.5 Å².